The van der Waals surface area contributed by atoms with Gasteiger partial charge in [-0.2, -0.15) is 5.10 Å². The lowest BCUT2D eigenvalue weighted by Crippen LogP contribution is -2.14. The summed E-state index contributed by atoms with van der Waals surface area (Å²) in [4.78, 5) is 0.106. The quantitative estimate of drug-likeness (QED) is 0.904. The number of ether oxygens (including phenoxy) is 1. The highest BCUT2D eigenvalue weighted by atomic mass is 35.5. The summed E-state index contributed by atoms with van der Waals surface area (Å²) in [6.45, 7) is 5.49. The van der Waals surface area contributed by atoms with Gasteiger partial charge in [0.25, 0.3) is 10.0 Å². The first kappa shape index (κ1) is 16.5. The molecule has 1 aromatic heterocycles. The maximum Gasteiger partial charge on any atom is 0.261 e. The monoisotopic (exact) mass is 341 g/mol. The second-order valence-corrected chi connectivity index (χ2v) is 6.97. The lowest BCUT2D eigenvalue weighted by Gasteiger charge is -2.11. The fraction of sp³-hybridized carbons (Fsp3) is 0.286. The molecule has 2 rings (SSSR count). The molecule has 1 heterocycles. The van der Waals surface area contributed by atoms with Crippen LogP contribution in [0.5, 0.6) is 5.75 Å². The van der Waals surface area contributed by atoms with Crippen LogP contribution < -0.4 is 9.46 Å². The summed E-state index contributed by atoms with van der Waals surface area (Å²) in [5.41, 5.74) is 0.749. The van der Waals surface area contributed by atoms with Gasteiger partial charge in [0.2, 0.25) is 0 Å². The summed E-state index contributed by atoms with van der Waals surface area (Å²) in [6.07, 6.45) is 0.0188. The Bertz CT molecular complexity index is 761. The predicted octanol–water partition coefficient (Wildman–Crippen LogP) is 3.03. The van der Waals surface area contributed by atoms with Crippen LogP contribution in [0.3, 0.4) is 0 Å². The van der Waals surface area contributed by atoms with Crippen molar-refractivity contribution in [3.63, 3.8) is 0 Å². The molecule has 0 aliphatic rings. The number of nitrogens with one attached hydrogen (secondary N) is 1. The first-order chi connectivity index (χ1) is 10.3. The molecule has 8 heteroatoms. The van der Waals surface area contributed by atoms with Gasteiger partial charge in [-0.3, -0.25) is 4.72 Å². The molecule has 1 aromatic carbocycles. The third-order valence-corrected chi connectivity index (χ3v) is 4.28. The van der Waals surface area contributed by atoms with Crippen molar-refractivity contribution >= 4 is 27.3 Å². The molecule has 0 bridgehead atoms. The number of anilines is 1. The fourth-order valence-electron chi connectivity index (χ4n) is 1.72. The molecule has 0 aliphatic heterocycles. The molecule has 2 aromatic rings. The van der Waals surface area contributed by atoms with Crippen LogP contribution in [-0.4, -0.2) is 24.7 Å². The molecule has 0 saturated carbocycles. The van der Waals surface area contributed by atoms with Gasteiger partial charge in [-0.05, 0) is 51.1 Å². The van der Waals surface area contributed by atoms with Crippen LogP contribution >= 0.6 is 11.6 Å². The van der Waals surface area contributed by atoms with Gasteiger partial charge in [0.1, 0.15) is 5.75 Å². The summed E-state index contributed by atoms with van der Waals surface area (Å²) < 4.78 is 32.6. The average molecular weight is 342 g/mol. The van der Waals surface area contributed by atoms with Crippen LogP contribution in [0.1, 0.15) is 19.5 Å². The fourth-order valence-corrected chi connectivity index (χ4v) is 2.97. The van der Waals surface area contributed by atoms with Crippen LogP contribution in [-0.2, 0) is 10.0 Å². The largest absolute Gasteiger partial charge is 0.491 e. The van der Waals surface area contributed by atoms with Crippen LogP contribution in [0, 0.1) is 6.92 Å². The maximum absolute atomic E-state index is 12.3. The molecule has 0 unspecified atom stereocenters. The van der Waals surface area contributed by atoms with Crippen LogP contribution in [0.15, 0.2) is 35.2 Å². The van der Waals surface area contributed by atoms with Crippen molar-refractivity contribution < 1.29 is 13.2 Å². The standard InChI is InChI=1S/C14H16ClN3O3S/c1-9(2)21-11-4-6-12(7-5-11)22(19,20)18-13-8-10(3)16-17-14(13)15/h4-9H,1-3H3,(H,16,18). The van der Waals surface area contributed by atoms with E-state index in [1.807, 2.05) is 13.8 Å². The van der Waals surface area contributed by atoms with E-state index in [-0.39, 0.29) is 21.8 Å². The highest BCUT2D eigenvalue weighted by molar-refractivity contribution is 7.92. The molecule has 0 saturated heterocycles. The van der Waals surface area contributed by atoms with E-state index in [0.29, 0.717) is 11.4 Å². The summed E-state index contributed by atoms with van der Waals surface area (Å²) in [7, 11) is -3.76. The van der Waals surface area contributed by atoms with E-state index in [9.17, 15) is 8.42 Å². The number of sulfonamides is 1. The number of rotatable bonds is 5. The van der Waals surface area contributed by atoms with Crippen molar-refractivity contribution in [1.29, 1.82) is 0 Å². The van der Waals surface area contributed by atoms with Gasteiger partial charge < -0.3 is 4.74 Å². The van der Waals surface area contributed by atoms with Crippen molar-refractivity contribution in [1.82, 2.24) is 10.2 Å². The number of aryl methyl sites for hydroxylation is 1. The first-order valence-electron chi connectivity index (χ1n) is 6.57. The molecule has 0 fully saturated rings. The minimum Gasteiger partial charge on any atom is -0.491 e. The van der Waals surface area contributed by atoms with E-state index >= 15 is 0 Å². The predicted molar refractivity (Wildman–Crippen MR) is 84.8 cm³/mol. The third kappa shape index (κ3) is 4.08. The van der Waals surface area contributed by atoms with Crippen LogP contribution in [0.25, 0.3) is 0 Å². The van der Waals surface area contributed by atoms with Crippen LogP contribution in [0.4, 0.5) is 5.69 Å². The third-order valence-electron chi connectivity index (χ3n) is 2.62. The second-order valence-electron chi connectivity index (χ2n) is 4.93. The lowest BCUT2D eigenvalue weighted by molar-refractivity contribution is 0.242. The van der Waals surface area contributed by atoms with Gasteiger partial charge in [-0.25, -0.2) is 8.42 Å². The molecule has 0 amide bonds. The first-order valence-corrected chi connectivity index (χ1v) is 8.43. The zero-order valence-corrected chi connectivity index (χ0v) is 13.9. The molecule has 1 N–H and O–H groups in total. The summed E-state index contributed by atoms with van der Waals surface area (Å²) in [6, 6.07) is 7.66. The van der Waals surface area contributed by atoms with Crippen LogP contribution in [0.2, 0.25) is 5.15 Å². The van der Waals surface area contributed by atoms with Gasteiger partial charge in [-0.15, -0.1) is 5.10 Å². The minimum atomic E-state index is -3.76. The van der Waals surface area contributed by atoms with Crippen molar-refractivity contribution in [2.45, 2.75) is 31.8 Å². The summed E-state index contributed by atoms with van der Waals surface area (Å²) >= 11 is 5.85. The number of aromatic nitrogens is 2. The number of hydrogen-bond acceptors (Lipinski definition) is 5. The van der Waals surface area contributed by atoms with Crippen molar-refractivity contribution in [2.24, 2.45) is 0 Å². The summed E-state index contributed by atoms with van der Waals surface area (Å²) in [5, 5.41) is 7.41. The molecule has 0 atom stereocenters. The zero-order valence-electron chi connectivity index (χ0n) is 12.4. The van der Waals surface area contributed by atoms with Gasteiger partial charge >= 0.3 is 0 Å². The Labute approximate surface area is 134 Å². The highest BCUT2D eigenvalue weighted by Crippen LogP contribution is 2.23. The molecular weight excluding hydrogens is 326 g/mol. The van der Waals surface area contributed by atoms with E-state index in [4.69, 9.17) is 16.3 Å². The Morgan fingerprint density at radius 1 is 1.18 bits per heavy atom. The maximum atomic E-state index is 12.3. The minimum absolute atomic E-state index is 0.00561. The lowest BCUT2D eigenvalue weighted by atomic mass is 10.3. The molecule has 0 aliphatic carbocycles. The van der Waals surface area contributed by atoms with Gasteiger partial charge in [0, 0.05) is 0 Å². The Morgan fingerprint density at radius 3 is 2.41 bits per heavy atom. The number of benzene rings is 1. The van der Waals surface area contributed by atoms with E-state index < -0.39 is 10.0 Å². The number of halogens is 1. The number of hydrogen-bond donors (Lipinski definition) is 1. The molecule has 0 radical (unpaired) electrons. The van der Waals surface area contributed by atoms with E-state index in [0.717, 1.165) is 0 Å². The Morgan fingerprint density at radius 2 is 1.82 bits per heavy atom. The van der Waals surface area contributed by atoms with E-state index in [1.54, 1.807) is 19.1 Å². The van der Waals surface area contributed by atoms with Gasteiger partial charge in [0.05, 0.1) is 22.4 Å². The molecule has 0 spiro atoms. The van der Waals surface area contributed by atoms with Crippen molar-refractivity contribution in [3.8, 4) is 5.75 Å². The van der Waals surface area contributed by atoms with Gasteiger partial charge in [0.15, 0.2) is 5.15 Å². The Balaban J connectivity index is 2.25. The second kappa shape index (κ2) is 6.50. The topological polar surface area (TPSA) is 81.2 Å². The SMILES string of the molecule is Cc1cc(NS(=O)(=O)c2ccc(OC(C)C)cc2)c(Cl)nn1. The Kier molecular flexibility index (Phi) is 4.87. The summed E-state index contributed by atoms with van der Waals surface area (Å²) in [5.74, 6) is 0.605. The van der Waals surface area contributed by atoms with Gasteiger partial charge in [-0.1, -0.05) is 11.6 Å². The Hall–Kier alpha value is -1.86. The van der Waals surface area contributed by atoms with Crippen molar-refractivity contribution in [3.05, 3.63) is 41.2 Å². The zero-order chi connectivity index (χ0) is 16.3. The normalized spacial score (nSPS) is 11.5. The number of nitrogens with zero attached hydrogens (tertiary/aromatic N) is 2. The van der Waals surface area contributed by atoms with E-state index in [1.165, 1.54) is 18.2 Å². The molecule has 22 heavy (non-hydrogen) atoms. The molecule has 6 nitrogen and oxygen atoms in total. The highest BCUT2D eigenvalue weighted by Gasteiger charge is 2.17. The molecule has 118 valence electrons. The van der Waals surface area contributed by atoms with Crippen molar-refractivity contribution in [2.75, 3.05) is 4.72 Å². The smallest absolute Gasteiger partial charge is 0.261 e. The van der Waals surface area contributed by atoms with E-state index in [2.05, 4.69) is 14.9 Å². The molecular formula is C14H16ClN3O3S. The average Bonchev–Trinajstić information content (AvgIpc) is 2.42.